The van der Waals surface area contributed by atoms with E-state index in [0.29, 0.717) is 6.10 Å². The lowest BCUT2D eigenvalue weighted by atomic mass is 10.1. The molecule has 0 atom stereocenters. The molecule has 0 aliphatic carbocycles. The van der Waals surface area contributed by atoms with Gasteiger partial charge in [0.15, 0.2) is 0 Å². The molecule has 0 fully saturated rings. The normalized spacial score (nSPS) is 11.1. The van der Waals surface area contributed by atoms with Gasteiger partial charge in [0.2, 0.25) is 0 Å². The number of hydrogen-bond donors (Lipinski definition) is 1. The van der Waals surface area contributed by atoms with E-state index in [1.54, 1.807) is 0 Å². The summed E-state index contributed by atoms with van der Waals surface area (Å²) in [4.78, 5) is 2.28. The molecule has 1 N–H and O–H groups in total. The van der Waals surface area contributed by atoms with Crippen LogP contribution in [-0.2, 0) is 11.3 Å². The maximum absolute atomic E-state index is 5.64. The van der Waals surface area contributed by atoms with Gasteiger partial charge in [0.05, 0.1) is 12.7 Å². The van der Waals surface area contributed by atoms with Gasteiger partial charge in [-0.15, -0.1) is 0 Å². The van der Waals surface area contributed by atoms with Gasteiger partial charge in [-0.1, -0.05) is 24.6 Å². The molecule has 0 bridgehead atoms. The first-order valence-corrected chi connectivity index (χ1v) is 7.67. The van der Waals surface area contributed by atoms with Crippen LogP contribution in [0.25, 0.3) is 0 Å². The molecule has 20 heavy (non-hydrogen) atoms. The molecule has 1 aromatic carbocycles. The first-order valence-electron chi connectivity index (χ1n) is 7.67. The summed E-state index contributed by atoms with van der Waals surface area (Å²) in [5, 5.41) is 3.49. The molecule has 1 aromatic rings. The van der Waals surface area contributed by atoms with Crippen LogP contribution >= 0.6 is 0 Å². The molecule has 114 valence electrons. The molecule has 0 radical (unpaired) electrons. The number of benzene rings is 1. The number of likely N-dealkylation sites (N-methyl/N-ethyl adjacent to an activating group) is 1. The van der Waals surface area contributed by atoms with E-state index < -0.39 is 0 Å². The average Bonchev–Trinajstić information content (AvgIpc) is 2.38. The standard InChI is InChI=1S/C17H30N2O/c1-6-9-18-13-16-12-15(4)7-8-17(16)19(5)10-11-20-14(2)3/h7-8,12,14,18H,6,9-11,13H2,1-5H3. The number of rotatable bonds is 9. The summed E-state index contributed by atoms with van der Waals surface area (Å²) in [5.74, 6) is 0. The summed E-state index contributed by atoms with van der Waals surface area (Å²) in [5.41, 5.74) is 3.98. The Kier molecular flexibility index (Phi) is 7.63. The summed E-state index contributed by atoms with van der Waals surface area (Å²) in [6.45, 7) is 12.2. The Bertz CT molecular complexity index is 391. The number of nitrogens with zero attached hydrogens (tertiary/aromatic N) is 1. The van der Waals surface area contributed by atoms with Crippen molar-refractivity contribution < 1.29 is 4.74 Å². The van der Waals surface area contributed by atoms with Crippen LogP contribution in [0, 0.1) is 6.92 Å². The van der Waals surface area contributed by atoms with Crippen LogP contribution in [-0.4, -0.2) is 32.8 Å². The molecule has 3 heteroatoms. The maximum atomic E-state index is 5.64. The zero-order chi connectivity index (χ0) is 15.0. The van der Waals surface area contributed by atoms with Gasteiger partial charge in [0.1, 0.15) is 0 Å². The smallest absolute Gasteiger partial charge is 0.0644 e. The zero-order valence-corrected chi connectivity index (χ0v) is 13.7. The van der Waals surface area contributed by atoms with Crippen LogP contribution in [0.4, 0.5) is 5.69 Å². The maximum Gasteiger partial charge on any atom is 0.0644 e. The van der Waals surface area contributed by atoms with Gasteiger partial charge in [-0.2, -0.15) is 0 Å². The highest BCUT2D eigenvalue weighted by Gasteiger charge is 2.08. The van der Waals surface area contributed by atoms with Crippen molar-refractivity contribution in [3.05, 3.63) is 29.3 Å². The first-order chi connectivity index (χ1) is 9.54. The molecule has 0 aliphatic rings. The van der Waals surface area contributed by atoms with E-state index in [1.165, 1.54) is 23.2 Å². The largest absolute Gasteiger partial charge is 0.377 e. The Morgan fingerprint density at radius 1 is 1.30 bits per heavy atom. The lowest BCUT2D eigenvalue weighted by Gasteiger charge is -2.23. The molecule has 0 aromatic heterocycles. The Hall–Kier alpha value is -1.06. The number of hydrogen-bond acceptors (Lipinski definition) is 3. The van der Waals surface area contributed by atoms with Gasteiger partial charge >= 0.3 is 0 Å². The SMILES string of the molecule is CCCNCc1cc(C)ccc1N(C)CCOC(C)C. The van der Waals surface area contributed by atoms with Gasteiger partial charge < -0.3 is 15.0 Å². The highest BCUT2D eigenvalue weighted by molar-refractivity contribution is 5.54. The molecule has 0 saturated heterocycles. The van der Waals surface area contributed by atoms with E-state index in [0.717, 1.165) is 26.2 Å². The Morgan fingerprint density at radius 3 is 2.70 bits per heavy atom. The molecular formula is C17H30N2O. The van der Waals surface area contributed by atoms with Crippen LogP contribution < -0.4 is 10.2 Å². The van der Waals surface area contributed by atoms with Gasteiger partial charge in [-0.3, -0.25) is 0 Å². The van der Waals surface area contributed by atoms with Crippen LogP contribution in [0.3, 0.4) is 0 Å². The lowest BCUT2D eigenvalue weighted by molar-refractivity contribution is 0.0846. The summed E-state index contributed by atoms with van der Waals surface area (Å²) in [6, 6.07) is 6.67. The van der Waals surface area contributed by atoms with E-state index in [2.05, 4.69) is 63.2 Å². The zero-order valence-electron chi connectivity index (χ0n) is 13.7. The number of aryl methyl sites for hydroxylation is 1. The molecule has 0 amide bonds. The molecule has 0 heterocycles. The quantitative estimate of drug-likeness (QED) is 0.701. The number of anilines is 1. The van der Waals surface area contributed by atoms with Crippen LogP contribution in [0.15, 0.2) is 18.2 Å². The highest BCUT2D eigenvalue weighted by Crippen LogP contribution is 2.21. The van der Waals surface area contributed by atoms with E-state index in [-0.39, 0.29) is 0 Å². The lowest BCUT2D eigenvalue weighted by Crippen LogP contribution is -2.26. The summed E-state index contributed by atoms with van der Waals surface area (Å²) in [7, 11) is 2.14. The fourth-order valence-corrected chi connectivity index (χ4v) is 2.17. The minimum atomic E-state index is 0.298. The van der Waals surface area contributed by atoms with Crippen molar-refractivity contribution in [1.29, 1.82) is 0 Å². The van der Waals surface area contributed by atoms with Crippen molar-refractivity contribution in [1.82, 2.24) is 5.32 Å². The molecule has 0 saturated carbocycles. The van der Waals surface area contributed by atoms with Gasteiger partial charge in [-0.25, -0.2) is 0 Å². The third-order valence-corrected chi connectivity index (χ3v) is 3.27. The van der Waals surface area contributed by atoms with Crippen LogP contribution in [0.5, 0.6) is 0 Å². The van der Waals surface area contributed by atoms with E-state index >= 15 is 0 Å². The summed E-state index contributed by atoms with van der Waals surface area (Å²) >= 11 is 0. The second-order valence-corrected chi connectivity index (χ2v) is 5.65. The fraction of sp³-hybridized carbons (Fsp3) is 0.647. The first kappa shape index (κ1) is 17.0. The second kappa shape index (κ2) is 8.98. The van der Waals surface area contributed by atoms with Crippen molar-refractivity contribution in [2.45, 2.75) is 46.8 Å². The Morgan fingerprint density at radius 2 is 2.05 bits per heavy atom. The summed E-state index contributed by atoms with van der Waals surface area (Å²) in [6.07, 6.45) is 1.46. The van der Waals surface area contributed by atoms with Gasteiger partial charge in [0, 0.05) is 25.8 Å². The second-order valence-electron chi connectivity index (χ2n) is 5.65. The van der Waals surface area contributed by atoms with Crippen molar-refractivity contribution >= 4 is 5.69 Å². The minimum Gasteiger partial charge on any atom is -0.377 e. The monoisotopic (exact) mass is 278 g/mol. The molecule has 0 spiro atoms. The predicted octanol–water partition coefficient (Wildman–Crippen LogP) is 3.36. The van der Waals surface area contributed by atoms with Crippen molar-refractivity contribution in [2.75, 3.05) is 31.6 Å². The fourth-order valence-electron chi connectivity index (χ4n) is 2.17. The van der Waals surface area contributed by atoms with E-state index in [4.69, 9.17) is 4.74 Å². The molecule has 0 unspecified atom stereocenters. The third-order valence-electron chi connectivity index (χ3n) is 3.27. The third kappa shape index (κ3) is 5.93. The van der Waals surface area contributed by atoms with Gasteiger partial charge in [0.25, 0.3) is 0 Å². The predicted molar refractivity (Wildman–Crippen MR) is 87.5 cm³/mol. The topological polar surface area (TPSA) is 24.5 Å². The Labute approximate surface area is 124 Å². The molecular weight excluding hydrogens is 248 g/mol. The summed E-state index contributed by atoms with van der Waals surface area (Å²) < 4.78 is 5.64. The average molecular weight is 278 g/mol. The van der Waals surface area contributed by atoms with E-state index in [1.807, 2.05) is 0 Å². The minimum absolute atomic E-state index is 0.298. The van der Waals surface area contributed by atoms with Crippen molar-refractivity contribution in [3.8, 4) is 0 Å². The molecule has 3 nitrogen and oxygen atoms in total. The highest BCUT2D eigenvalue weighted by atomic mass is 16.5. The van der Waals surface area contributed by atoms with E-state index in [9.17, 15) is 0 Å². The van der Waals surface area contributed by atoms with Gasteiger partial charge in [-0.05, 0) is 45.4 Å². The molecule has 1 rings (SSSR count). The van der Waals surface area contributed by atoms with Crippen LogP contribution in [0.1, 0.15) is 38.3 Å². The number of ether oxygens (including phenoxy) is 1. The number of nitrogens with one attached hydrogen (secondary N) is 1. The van der Waals surface area contributed by atoms with Crippen molar-refractivity contribution in [3.63, 3.8) is 0 Å². The molecule has 0 aliphatic heterocycles. The van der Waals surface area contributed by atoms with Crippen LogP contribution in [0.2, 0.25) is 0 Å². The Balaban J connectivity index is 2.66. The van der Waals surface area contributed by atoms with Crippen molar-refractivity contribution in [2.24, 2.45) is 0 Å².